The highest BCUT2D eigenvalue weighted by Crippen LogP contribution is 2.36. The molecule has 34 heavy (non-hydrogen) atoms. The number of carbonyl (C=O) groups excluding carboxylic acids is 2. The van der Waals surface area contributed by atoms with Crippen molar-refractivity contribution in [1.82, 2.24) is 15.3 Å². The number of cyclic esters (lactones) is 1. The molecule has 1 aliphatic heterocycles. The standard InChI is InChI=1S/C23H23BrN6O4/c1-25-21(31)14-6-4-5-7-16(14)27-20-15(24)12-26-22(29-20)28-17-10-13-8-9-34-23(32)30(2)18(13)11-19(17)33-3/h4-7,10-12H,8-9H2,1-3H3,(H,25,31)(H2,26,27,28,29). The molecule has 0 unspecified atom stereocenters. The molecule has 2 aromatic carbocycles. The minimum absolute atomic E-state index is 0.214. The molecule has 3 aromatic rings. The lowest BCUT2D eigenvalue weighted by Crippen LogP contribution is -2.25. The summed E-state index contributed by atoms with van der Waals surface area (Å²) in [5, 5.41) is 9.01. The van der Waals surface area contributed by atoms with E-state index in [2.05, 4.69) is 41.8 Å². The zero-order valence-corrected chi connectivity index (χ0v) is 20.4. The van der Waals surface area contributed by atoms with Crippen molar-refractivity contribution < 1.29 is 19.1 Å². The maximum absolute atomic E-state index is 12.2. The van der Waals surface area contributed by atoms with Gasteiger partial charge in [-0.3, -0.25) is 9.69 Å². The third-order valence-corrected chi connectivity index (χ3v) is 5.86. The monoisotopic (exact) mass is 526 g/mol. The molecular formula is C23H23BrN6O4. The second-order valence-corrected chi connectivity index (χ2v) is 8.22. The van der Waals surface area contributed by atoms with Crippen molar-refractivity contribution >= 4 is 56.8 Å². The van der Waals surface area contributed by atoms with Crippen molar-refractivity contribution in [3.8, 4) is 5.75 Å². The molecule has 0 bridgehead atoms. The molecule has 2 amide bonds. The highest BCUT2D eigenvalue weighted by molar-refractivity contribution is 9.10. The Morgan fingerprint density at radius 1 is 1.21 bits per heavy atom. The van der Waals surface area contributed by atoms with Gasteiger partial charge in [-0.05, 0) is 39.7 Å². The molecule has 11 heteroatoms. The summed E-state index contributed by atoms with van der Waals surface area (Å²) in [7, 11) is 4.79. The highest BCUT2D eigenvalue weighted by Gasteiger charge is 2.23. The van der Waals surface area contributed by atoms with E-state index in [-0.39, 0.29) is 12.5 Å². The maximum Gasteiger partial charge on any atom is 0.414 e. The first kappa shape index (κ1) is 23.3. The van der Waals surface area contributed by atoms with Gasteiger partial charge in [-0.15, -0.1) is 0 Å². The number of nitrogens with zero attached hydrogens (tertiary/aromatic N) is 3. The number of methoxy groups -OCH3 is 1. The maximum atomic E-state index is 12.2. The summed E-state index contributed by atoms with van der Waals surface area (Å²) in [5.41, 5.74) is 3.37. The summed E-state index contributed by atoms with van der Waals surface area (Å²) in [6.07, 6.45) is 1.76. The molecule has 0 saturated carbocycles. The van der Waals surface area contributed by atoms with Crippen LogP contribution in [-0.4, -0.2) is 49.8 Å². The zero-order chi connectivity index (χ0) is 24.2. The Labute approximate surface area is 204 Å². The van der Waals surface area contributed by atoms with E-state index in [0.29, 0.717) is 45.3 Å². The SMILES string of the molecule is CNC(=O)c1ccccc1Nc1nc(Nc2cc3c(cc2OC)N(C)C(=O)OCC3)ncc1Br. The van der Waals surface area contributed by atoms with Crippen molar-refractivity contribution in [2.45, 2.75) is 6.42 Å². The number of carbonyl (C=O) groups is 2. The molecule has 1 aliphatic rings. The van der Waals surface area contributed by atoms with Crippen molar-refractivity contribution in [1.29, 1.82) is 0 Å². The number of ether oxygens (including phenoxy) is 2. The van der Waals surface area contributed by atoms with Crippen LogP contribution in [0.5, 0.6) is 5.75 Å². The number of anilines is 5. The van der Waals surface area contributed by atoms with E-state index in [1.165, 1.54) is 4.90 Å². The quantitative estimate of drug-likeness (QED) is 0.436. The Balaban J connectivity index is 1.65. The van der Waals surface area contributed by atoms with Crippen LogP contribution in [0, 0.1) is 0 Å². The second kappa shape index (κ2) is 9.96. The molecule has 0 atom stereocenters. The molecule has 0 aliphatic carbocycles. The summed E-state index contributed by atoms with van der Waals surface area (Å²) in [6.45, 7) is 0.287. The van der Waals surface area contributed by atoms with Gasteiger partial charge in [-0.1, -0.05) is 12.1 Å². The first-order valence-electron chi connectivity index (χ1n) is 10.4. The van der Waals surface area contributed by atoms with Crippen molar-refractivity contribution in [3.63, 3.8) is 0 Å². The summed E-state index contributed by atoms with van der Waals surface area (Å²) in [4.78, 5) is 34.6. The summed E-state index contributed by atoms with van der Waals surface area (Å²) >= 11 is 3.46. The van der Waals surface area contributed by atoms with Crippen molar-refractivity contribution in [2.24, 2.45) is 0 Å². The lowest BCUT2D eigenvalue weighted by molar-refractivity contribution is 0.0964. The molecule has 3 N–H and O–H groups in total. The van der Waals surface area contributed by atoms with Crippen molar-refractivity contribution in [2.75, 3.05) is 43.3 Å². The second-order valence-electron chi connectivity index (χ2n) is 7.37. The van der Waals surface area contributed by atoms with Crippen LogP contribution in [0.3, 0.4) is 0 Å². The van der Waals surface area contributed by atoms with E-state index in [4.69, 9.17) is 9.47 Å². The number of nitrogens with one attached hydrogen (secondary N) is 3. The largest absolute Gasteiger partial charge is 0.494 e. The summed E-state index contributed by atoms with van der Waals surface area (Å²) in [6, 6.07) is 10.8. The van der Waals surface area contributed by atoms with E-state index < -0.39 is 6.09 Å². The number of hydrogen-bond acceptors (Lipinski definition) is 8. The lowest BCUT2D eigenvalue weighted by Gasteiger charge is -2.19. The fourth-order valence-electron chi connectivity index (χ4n) is 3.52. The molecule has 0 fully saturated rings. The number of halogens is 1. The van der Waals surface area contributed by atoms with Gasteiger partial charge in [0.05, 0.1) is 40.8 Å². The van der Waals surface area contributed by atoms with Gasteiger partial charge in [0.2, 0.25) is 5.95 Å². The van der Waals surface area contributed by atoms with Gasteiger partial charge < -0.3 is 25.4 Å². The first-order valence-corrected chi connectivity index (χ1v) is 11.2. The Hall–Kier alpha value is -3.86. The van der Waals surface area contributed by atoms with Gasteiger partial charge >= 0.3 is 6.09 Å². The third kappa shape index (κ3) is 4.74. The van der Waals surface area contributed by atoms with Gasteiger partial charge in [0.25, 0.3) is 5.91 Å². The van der Waals surface area contributed by atoms with Crippen LogP contribution in [0.15, 0.2) is 47.1 Å². The number of fused-ring (bicyclic) bond motifs is 1. The number of hydrogen-bond donors (Lipinski definition) is 3. The van der Waals surface area contributed by atoms with E-state index in [1.807, 2.05) is 12.1 Å². The molecular weight excluding hydrogens is 504 g/mol. The van der Waals surface area contributed by atoms with Crippen LogP contribution in [0.1, 0.15) is 15.9 Å². The first-order chi connectivity index (χ1) is 16.4. The lowest BCUT2D eigenvalue weighted by atomic mass is 10.1. The molecule has 1 aromatic heterocycles. The normalized spacial score (nSPS) is 12.8. The van der Waals surface area contributed by atoms with Crippen molar-refractivity contribution in [3.05, 3.63) is 58.2 Å². The molecule has 2 heterocycles. The van der Waals surface area contributed by atoms with E-state index in [1.54, 1.807) is 51.7 Å². The topological polar surface area (TPSA) is 118 Å². The number of para-hydroxylation sites is 1. The molecule has 0 spiro atoms. The van der Waals surface area contributed by atoms with Gasteiger partial charge in [0.15, 0.2) is 0 Å². The Morgan fingerprint density at radius 2 is 2.00 bits per heavy atom. The van der Waals surface area contributed by atoms with Crippen LogP contribution >= 0.6 is 15.9 Å². The van der Waals surface area contributed by atoms with Crippen LogP contribution in [0.4, 0.5) is 33.6 Å². The number of amides is 2. The van der Waals surface area contributed by atoms with Gasteiger partial charge in [0, 0.05) is 32.8 Å². The fraction of sp³-hybridized carbons (Fsp3) is 0.217. The molecule has 176 valence electrons. The predicted molar refractivity (Wildman–Crippen MR) is 133 cm³/mol. The zero-order valence-electron chi connectivity index (χ0n) is 18.8. The fourth-order valence-corrected chi connectivity index (χ4v) is 3.81. The third-order valence-electron chi connectivity index (χ3n) is 5.28. The van der Waals surface area contributed by atoms with Crippen LogP contribution in [0.25, 0.3) is 0 Å². The number of benzene rings is 2. The Morgan fingerprint density at radius 3 is 2.76 bits per heavy atom. The van der Waals surface area contributed by atoms with E-state index >= 15 is 0 Å². The predicted octanol–water partition coefficient (Wildman–Crippen LogP) is 4.22. The summed E-state index contributed by atoms with van der Waals surface area (Å²) < 4.78 is 11.4. The molecule has 0 radical (unpaired) electrons. The van der Waals surface area contributed by atoms with Gasteiger partial charge in [0.1, 0.15) is 11.6 Å². The van der Waals surface area contributed by atoms with E-state index in [0.717, 1.165) is 11.3 Å². The minimum Gasteiger partial charge on any atom is -0.494 e. The average molecular weight is 527 g/mol. The number of aromatic nitrogens is 2. The average Bonchev–Trinajstić information content (AvgIpc) is 2.98. The van der Waals surface area contributed by atoms with Crippen LogP contribution < -0.4 is 25.6 Å². The summed E-state index contributed by atoms with van der Waals surface area (Å²) in [5.74, 6) is 1.09. The molecule has 0 saturated heterocycles. The highest BCUT2D eigenvalue weighted by atomic mass is 79.9. The smallest absolute Gasteiger partial charge is 0.414 e. The van der Waals surface area contributed by atoms with Gasteiger partial charge in [-0.2, -0.15) is 4.98 Å². The Kier molecular flexibility index (Phi) is 6.82. The van der Waals surface area contributed by atoms with Crippen LogP contribution in [-0.2, 0) is 11.2 Å². The molecule has 10 nitrogen and oxygen atoms in total. The van der Waals surface area contributed by atoms with E-state index in [9.17, 15) is 9.59 Å². The molecule has 4 rings (SSSR count). The van der Waals surface area contributed by atoms with Gasteiger partial charge in [-0.25, -0.2) is 9.78 Å². The van der Waals surface area contributed by atoms with Crippen LogP contribution in [0.2, 0.25) is 0 Å². The Bertz CT molecular complexity index is 1250. The minimum atomic E-state index is -0.412. The number of rotatable bonds is 6.